The molecule has 2 aromatic rings. The van der Waals surface area contributed by atoms with E-state index in [1.165, 1.54) is 16.8 Å². The van der Waals surface area contributed by atoms with Crippen molar-refractivity contribution in [1.29, 1.82) is 0 Å². The molecule has 20 heavy (non-hydrogen) atoms. The van der Waals surface area contributed by atoms with Gasteiger partial charge in [-0.05, 0) is 32.0 Å². The molecule has 0 aliphatic rings. The van der Waals surface area contributed by atoms with Crippen LogP contribution in [0.5, 0.6) is 0 Å². The van der Waals surface area contributed by atoms with Crippen molar-refractivity contribution in [2.45, 2.75) is 25.3 Å². The molecule has 2 heterocycles. The molecule has 1 N–H and O–H groups in total. The van der Waals surface area contributed by atoms with E-state index in [1.54, 1.807) is 32.2 Å². The van der Waals surface area contributed by atoms with Crippen LogP contribution in [0, 0.1) is 6.92 Å². The second kappa shape index (κ2) is 5.18. The Hall–Kier alpha value is -1.99. The van der Waals surface area contributed by atoms with Gasteiger partial charge in [0.25, 0.3) is 10.1 Å². The number of carbonyl (C=O) groups is 1. The average Bonchev–Trinajstić information content (AvgIpc) is 2.82. The van der Waals surface area contributed by atoms with Gasteiger partial charge in [-0.25, -0.2) is 0 Å². The number of ketones is 1. The summed E-state index contributed by atoms with van der Waals surface area (Å²) in [4.78, 5) is 16.2. The summed E-state index contributed by atoms with van der Waals surface area (Å²) >= 11 is 0. The molecule has 0 aliphatic carbocycles. The zero-order valence-electron chi connectivity index (χ0n) is 11.1. The van der Waals surface area contributed by atoms with Crippen LogP contribution in [0.25, 0.3) is 0 Å². The molecular formula is C13H14N2O4S. The largest absolute Gasteiger partial charge is 0.344 e. The summed E-state index contributed by atoms with van der Waals surface area (Å²) in [7, 11) is -4.33. The normalized spacial score (nSPS) is 11.6. The van der Waals surface area contributed by atoms with E-state index < -0.39 is 10.1 Å². The standard InChI is InChI=1S/C13H14N2O4S/c1-3-15-8-10(20(17,18)19)7-12(15)13(16)11-5-4-6-14-9(11)2/h4-8H,3H2,1-2H3,(H,17,18,19). The number of hydrogen-bond donors (Lipinski definition) is 1. The summed E-state index contributed by atoms with van der Waals surface area (Å²) in [6.45, 7) is 3.90. The van der Waals surface area contributed by atoms with E-state index in [-0.39, 0.29) is 16.4 Å². The first kappa shape index (κ1) is 14.4. The highest BCUT2D eigenvalue weighted by atomic mass is 32.2. The lowest BCUT2D eigenvalue weighted by atomic mass is 10.1. The number of pyridine rings is 1. The van der Waals surface area contributed by atoms with E-state index in [0.717, 1.165) is 0 Å². The van der Waals surface area contributed by atoms with Gasteiger partial charge in [0.2, 0.25) is 5.78 Å². The monoisotopic (exact) mass is 294 g/mol. The number of nitrogens with zero attached hydrogens (tertiary/aromatic N) is 2. The third kappa shape index (κ3) is 2.63. The number of hydrogen-bond acceptors (Lipinski definition) is 4. The van der Waals surface area contributed by atoms with Crippen molar-refractivity contribution in [1.82, 2.24) is 9.55 Å². The summed E-state index contributed by atoms with van der Waals surface area (Å²) < 4.78 is 32.9. The molecule has 0 aliphatic heterocycles. The third-order valence-corrected chi connectivity index (χ3v) is 3.81. The zero-order chi connectivity index (χ0) is 14.9. The van der Waals surface area contributed by atoms with Gasteiger partial charge in [0, 0.05) is 30.2 Å². The highest BCUT2D eigenvalue weighted by molar-refractivity contribution is 7.85. The van der Waals surface area contributed by atoms with Crippen LogP contribution in [0.15, 0.2) is 35.5 Å². The van der Waals surface area contributed by atoms with Gasteiger partial charge in [0.1, 0.15) is 4.90 Å². The van der Waals surface area contributed by atoms with Crippen LogP contribution in [-0.2, 0) is 16.7 Å². The van der Waals surface area contributed by atoms with E-state index in [0.29, 0.717) is 17.8 Å². The van der Waals surface area contributed by atoms with Gasteiger partial charge < -0.3 is 4.57 Å². The number of aromatic nitrogens is 2. The molecule has 0 aromatic carbocycles. The Bertz CT molecular complexity index is 762. The molecule has 0 radical (unpaired) electrons. The van der Waals surface area contributed by atoms with Gasteiger partial charge in [0.05, 0.1) is 5.69 Å². The van der Waals surface area contributed by atoms with Crippen LogP contribution < -0.4 is 0 Å². The van der Waals surface area contributed by atoms with Crippen molar-refractivity contribution >= 4 is 15.9 Å². The topological polar surface area (TPSA) is 89.3 Å². The molecule has 2 aromatic heterocycles. The molecular weight excluding hydrogens is 280 g/mol. The van der Waals surface area contributed by atoms with Crippen molar-refractivity contribution in [3.05, 3.63) is 47.5 Å². The van der Waals surface area contributed by atoms with E-state index in [2.05, 4.69) is 4.98 Å². The molecule has 0 spiro atoms. The lowest BCUT2D eigenvalue weighted by molar-refractivity contribution is 0.102. The second-order valence-electron chi connectivity index (χ2n) is 4.29. The van der Waals surface area contributed by atoms with Gasteiger partial charge in [-0.1, -0.05) is 0 Å². The molecule has 106 valence electrons. The van der Waals surface area contributed by atoms with E-state index >= 15 is 0 Å². The van der Waals surface area contributed by atoms with E-state index in [9.17, 15) is 13.2 Å². The summed E-state index contributed by atoms with van der Waals surface area (Å²) in [6.07, 6.45) is 2.82. The smallest absolute Gasteiger partial charge is 0.296 e. The first-order chi connectivity index (χ1) is 9.34. The molecule has 0 saturated carbocycles. The van der Waals surface area contributed by atoms with Crippen molar-refractivity contribution in [3.8, 4) is 0 Å². The Morgan fingerprint density at radius 2 is 2.15 bits per heavy atom. The molecule has 0 saturated heterocycles. The summed E-state index contributed by atoms with van der Waals surface area (Å²) in [5, 5.41) is 0. The third-order valence-electron chi connectivity index (χ3n) is 2.99. The summed E-state index contributed by atoms with van der Waals surface area (Å²) in [6, 6.07) is 4.45. The Kier molecular flexibility index (Phi) is 3.74. The van der Waals surface area contributed by atoms with E-state index in [1.807, 2.05) is 0 Å². The van der Waals surface area contributed by atoms with Crippen molar-refractivity contribution < 1.29 is 17.8 Å². The van der Waals surface area contributed by atoms with Crippen LogP contribution in [-0.4, -0.2) is 28.3 Å². The molecule has 6 nitrogen and oxygen atoms in total. The molecule has 0 bridgehead atoms. The fourth-order valence-electron chi connectivity index (χ4n) is 1.94. The highest BCUT2D eigenvalue weighted by Crippen LogP contribution is 2.18. The quantitative estimate of drug-likeness (QED) is 0.684. The maximum absolute atomic E-state index is 12.4. The predicted molar refractivity (Wildman–Crippen MR) is 72.3 cm³/mol. The fourth-order valence-corrected chi connectivity index (χ4v) is 2.46. The minimum atomic E-state index is -4.33. The van der Waals surface area contributed by atoms with Crippen LogP contribution in [0.1, 0.15) is 28.7 Å². The van der Waals surface area contributed by atoms with Gasteiger partial charge in [-0.2, -0.15) is 8.42 Å². The summed E-state index contributed by atoms with van der Waals surface area (Å²) in [5.41, 5.74) is 1.17. The lowest BCUT2D eigenvalue weighted by Gasteiger charge is -2.06. The molecule has 0 atom stereocenters. The van der Waals surface area contributed by atoms with Crippen LogP contribution in [0.2, 0.25) is 0 Å². The van der Waals surface area contributed by atoms with Gasteiger partial charge in [0.15, 0.2) is 0 Å². The van der Waals surface area contributed by atoms with Crippen LogP contribution in [0.3, 0.4) is 0 Å². The van der Waals surface area contributed by atoms with Gasteiger partial charge in [-0.3, -0.25) is 14.3 Å². The Balaban J connectivity index is 2.56. The van der Waals surface area contributed by atoms with Crippen LogP contribution in [0.4, 0.5) is 0 Å². The molecule has 0 unspecified atom stereocenters. The van der Waals surface area contributed by atoms with Gasteiger partial charge in [-0.15, -0.1) is 0 Å². The predicted octanol–water partition coefficient (Wildman–Crippen LogP) is 1.69. The van der Waals surface area contributed by atoms with Gasteiger partial charge >= 0.3 is 0 Å². The minimum absolute atomic E-state index is 0.205. The number of carbonyl (C=O) groups excluding carboxylic acids is 1. The van der Waals surface area contributed by atoms with Crippen molar-refractivity contribution in [2.24, 2.45) is 0 Å². The first-order valence-electron chi connectivity index (χ1n) is 5.98. The summed E-state index contributed by atoms with van der Waals surface area (Å²) in [5.74, 6) is -0.327. The van der Waals surface area contributed by atoms with E-state index in [4.69, 9.17) is 4.55 Å². The second-order valence-corrected chi connectivity index (χ2v) is 5.71. The number of rotatable bonds is 4. The number of aryl methyl sites for hydroxylation is 2. The van der Waals surface area contributed by atoms with Crippen molar-refractivity contribution in [3.63, 3.8) is 0 Å². The average molecular weight is 294 g/mol. The molecule has 0 fully saturated rings. The molecule has 2 rings (SSSR count). The van der Waals surface area contributed by atoms with Crippen molar-refractivity contribution in [2.75, 3.05) is 0 Å². The lowest BCUT2D eigenvalue weighted by Crippen LogP contribution is -2.10. The molecule has 7 heteroatoms. The first-order valence-corrected chi connectivity index (χ1v) is 7.42. The Morgan fingerprint density at radius 3 is 2.70 bits per heavy atom. The Morgan fingerprint density at radius 1 is 1.45 bits per heavy atom. The maximum atomic E-state index is 12.4. The fraction of sp³-hybridized carbons (Fsp3) is 0.231. The molecule has 0 amide bonds. The highest BCUT2D eigenvalue weighted by Gasteiger charge is 2.21. The maximum Gasteiger partial charge on any atom is 0.296 e. The SMILES string of the molecule is CCn1cc(S(=O)(=O)O)cc1C(=O)c1cccnc1C. The van der Waals surface area contributed by atoms with Crippen LogP contribution >= 0.6 is 0 Å². The minimum Gasteiger partial charge on any atom is -0.344 e. The zero-order valence-corrected chi connectivity index (χ0v) is 11.9. The Labute approximate surface area is 116 Å².